The molecule has 1 saturated heterocycles. The number of rotatable bonds is 5. The molecule has 0 radical (unpaired) electrons. The SMILES string of the molecule is Cc1csc(C(=O)N2CCC(COc3ccc(C4CC4)nn3)C2)c1. The quantitative estimate of drug-likeness (QED) is 0.836. The molecule has 2 aromatic rings. The maximum Gasteiger partial charge on any atom is 0.263 e. The van der Waals surface area contributed by atoms with Crippen molar-refractivity contribution in [3.8, 4) is 5.88 Å². The molecule has 0 bridgehead atoms. The van der Waals surface area contributed by atoms with Gasteiger partial charge in [-0.3, -0.25) is 4.79 Å². The van der Waals surface area contributed by atoms with Crippen LogP contribution in [0.4, 0.5) is 0 Å². The molecule has 0 spiro atoms. The Bertz CT molecular complexity index is 724. The van der Waals surface area contributed by atoms with Crippen LogP contribution >= 0.6 is 11.3 Å². The number of hydrogen-bond acceptors (Lipinski definition) is 5. The highest BCUT2D eigenvalue weighted by Gasteiger charge is 2.28. The average molecular weight is 343 g/mol. The van der Waals surface area contributed by atoms with Crippen LogP contribution in [0.1, 0.15) is 46.1 Å². The number of amides is 1. The van der Waals surface area contributed by atoms with Crippen LogP contribution in [-0.4, -0.2) is 40.7 Å². The molecule has 4 rings (SSSR count). The summed E-state index contributed by atoms with van der Waals surface area (Å²) < 4.78 is 5.77. The monoisotopic (exact) mass is 343 g/mol. The molecule has 2 fully saturated rings. The van der Waals surface area contributed by atoms with Gasteiger partial charge in [0.1, 0.15) is 0 Å². The topological polar surface area (TPSA) is 55.3 Å². The van der Waals surface area contributed by atoms with Crippen molar-refractivity contribution in [3.63, 3.8) is 0 Å². The fourth-order valence-electron chi connectivity index (χ4n) is 3.06. The van der Waals surface area contributed by atoms with Crippen molar-refractivity contribution in [1.82, 2.24) is 15.1 Å². The number of hydrogen-bond donors (Lipinski definition) is 0. The molecule has 5 nitrogen and oxygen atoms in total. The minimum Gasteiger partial charge on any atom is -0.476 e. The molecule has 1 unspecified atom stereocenters. The van der Waals surface area contributed by atoms with Gasteiger partial charge in [0.05, 0.1) is 17.2 Å². The summed E-state index contributed by atoms with van der Waals surface area (Å²) >= 11 is 1.52. The van der Waals surface area contributed by atoms with Crippen LogP contribution < -0.4 is 4.74 Å². The minimum absolute atomic E-state index is 0.143. The fourth-order valence-corrected chi connectivity index (χ4v) is 3.92. The van der Waals surface area contributed by atoms with Crippen molar-refractivity contribution >= 4 is 17.2 Å². The van der Waals surface area contributed by atoms with Gasteiger partial charge in [-0.05, 0) is 49.3 Å². The first-order chi connectivity index (χ1) is 11.7. The second kappa shape index (κ2) is 6.51. The van der Waals surface area contributed by atoms with E-state index in [4.69, 9.17) is 4.74 Å². The maximum atomic E-state index is 12.5. The number of ether oxygens (including phenoxy) is 1. The number of thiophene rings is 1. The van der Waals surface area contributed by atoms with E-state index in [0.29, 0.717) is 24.3 Å². The van der Waals surface area contributed by atoms with Crippen LogP contribution in [0.15, 0.2) is 23.6 Å². The van der Waals surface area contributed by atoms with Crippen molar-refractivity contribution in [2.24, 2.45) is 5.92 Å². The van der Waals surface area contributed by atoms with Gasteiger partial charge in [0.15, 0.2) is 0 Å². The molecule has 1 saturated carbocycles. The summed E-state index contributed by atoms with van der Waals surface area (Å²) in [7, 11) is 0. The van der Waals surface area contributed by atoms with Crippen LogP contribution in [0.2, 0.25) is 0 Å². The molecule has 1 atom stereocenters. The van der Waals surface area contributed by atoms with E-state index in [-0.39, 0.29) is 5.91 Å². The molecule has 1 aliphatic heterocycles. The van der Waals surface area contributed by atoms with E-state index in [9.17, 15) is 4.79 Å². The van der Waals surface area contributed by atoms with Crippen LogP contribution in [0.25, 0.3) is 0 Å². The van der Waals surface area contributed by atoms with E-state index in [1.807, 2.05) is 35.4 Å². The van der Waals surface area contributed by atoms with Gasteiger partial charge in [-0.2, -0.15) is 5.10 Å². The number of carbonyl (C=O) groups is 1. The molecule has 1 aliphatic carbocycles. The smallest absolute Gasteiger partial charge is 0.263 e. The maximum absolute atomic E-state index is 12.5. The van der Waals surface area contributed by atoms with Gasteiger partial charge in [0, 0.05) is 31.0 Å². The number of nitrogens with zero attached hydrogens (tertiary/aromatic N) is 3. The summed E-state index contributed by atoms with van der Waals surface area (Å²) in [5, 5.41) is 10.4. The summed E-state index contributed by atoms with van der Waals surface area (Å²) in [5.74, 6) is 1.70. The van der Waals surface area contributed by atoms with E-state index in [1.165, 1.54) is 24.2 Å². The van der Waals surface area contributed by atoms with E-state index < -0.39 is 0 Å². The summed E-state index contributed by atoms with van der Waals surface area (Å²) in [4.78, 5) is 15.2. The standard InChI is InChI=1S/C18H21N3O2S/c1-12-8-16(24-11-12)18(22)21-7-6-13(9-21)10-23-17-5-4-15(19-20-17)14-2-3-14/h4-5,8,11,13-14H,2-3,6-7,9-10H2,1H3. The summed E-state index contributed by atoms with van der Waals surface area (Å²) in [6, 6.07) is 5.89. The van der Waals surface area contributed by atoms with E-state index in [0.717, 1.165) is 35.6 Å². The van der Waals surface area contributed by atoms with E-state index in [1.54, 1.807) is 0 Å². The van der Waals surface area contributed by atoms with Gasteiger partial charge in [0.25, 0.3) is 5.91 Å². The van der Waals surface area contributed by atoms with Crippen LogP contribution in [0.3, 0.4) is 0 Å². The average Bonchev–Trinajstić information content (AvgIpc) is 3.18. The van der Waals surface area contributed by atoms with Gasteiger partial charge in [0.2, 0.25) is 5.88 Å². The first-order valence-electron chi connectivity index (χ1n) is 8.50. The lowest BCUT2D eigenvalue weighted by Gasteiger charge is -2.15. The third kappa shape index (κ3) is 3.43. The third-order valence-corrected chi connectivity index (χ3v) is 5.67. The zero-order valence-electron chi connectivity index (χ0n) is 13.8. The Morgan fingerprint density at radius 2 is 2.21 bits per heavy atom. The number of carbonyl (C=O) groups excluding carboxylic acids is 1. The number of likely N-dealkylation sites (tertiary alicyclic amines) is 1. The second-order valence-corrected chi connectivity index (χ2v) is 7.69. The Hall–Kier alpha value is -1.95. The summed E-state index contributed by atoms with van der Waals surface area (Å²) in [5.41, 5.74) is 2.22. The lowest BCUT2D eigenvalue weighted by atomic mass is 10.1. The second-order valence-electron chi connectivity index (χ2n) is 6.78. The summed E-state index contributed by atoms with van der Waals surface area (Å²) in [6.07, 6.45) is 3.43. The Morgan fingerprint density at radius 3 is 2.88 bits per heavy atom. The van der Waals surface area contributed by atoms with Gasteiger partial charge in [-0.1, -0.05) is 0 Å². The van der Waals surface area contributed by atoms with Crippen molar-refractivity contribution in [3.05, 3.63) is 39.7 Å². The first-order valence-corrected chi connectivity index (χ1v) is 9.38. The van der Waals surface area contributed by atoms with Crippen molar-refractivity contribution < 1.29 is 9.53 Å². The first kappa shape index (κ1) is 15.6. The predicted molar refractivity (Wildman–Crippen MR) is 92.6 cm³/mol. The molecule has 2 aromatic heterocycles. The summed E-state index contributed by atoms with van der Waals surface area (Å²) in [6.45, 7) is 4.16. The Kier molecular flexibility index (Phi) is 4.22. The van der Waals surface area contributed by atoms with Gasteiger partial charge >= 0.3 is 0 Å². The van der Waals surface area contributed by atoms with Crippen molar-refractivity contribution in [2.45, 2.75) is 32.1 Å². The normalized spacial score (nSPS) is 20.4. The molecular weight excluding hydrogens is 322 g/mol. The molecule has 126 valence electrons. The Balaban J connectivity index is 1.28. The lowest BCUT2D eigenvalue weighted by Crippen LogP contribution is -2.28. The van der Waals surface area contributed by atoms with Gasteiger partial charge in [-0.15, -0.1) is 16.4 Å². The zero-order valence-corrected chi connectivity index (χ0v) is 14.6. The third-order valence-electron chi connectivity index (χ3n) is 4.64. The van der Waals surface area contributed by atoms with Crippen LogP contribution in [-0.2, 0) is 0 Å². The number of aromatic nitrogens is 2. The van der Waals surface area contributed by atoms with Crippen LogP contribution in [0.5, 0.6) is 5.88 Å². The van der Waals surface area contributed by atoms with E-state index >= 15 is 0 Å². The lowest BCUT2D eigenvalue weighted by molar-refractivity contribution is 0.0787. The van der Waals surface area contributed by atoms with E-state index in [2.05, 4.69) is 10.2 Å². The predicted octanol–water partition coefficient (Wildman–Crippen LogP) is 3.27. The molecule has 3 heterocycles. The number of aryl methyl sites for hydroxylation is 1. The fraction of sp³-hybridized carbons (Fsp3) is 0.500. The Labute approximate surface area is 145 Å². The van der Waals surface area contributed by atoms with Crippen LogP contribution in [0, 0.1) is 12.8 Å². The van der Waals surface area contributed by atoms with Crippen molar-refractivity contribution in [1.29, 1.82) is 0 Å². The highest BCUT2D eigenvalue weighted by molar-refractivity contribution is 7.12. The van der Waals surface area contributed by atoms with Gasteiger partial charge < -0.3 is 9.64 Å². The highest BCUT2D eigenvalue weighted by Crippen LogP contribution is 2.38. The molecule has 2 aliphatic rings. The van der Waals surface area contributed by atoms with Crippen molar-refractivity contribution in [2.75, 3.05) is 19.7 Å². The highest BCUT2D eigenvalue weighted by atomic mass is 32.1. The van der Waals surface area contributed by atoms with Gasteiger partial charge in [-0.25, -0.2) is 0 Å². The molecule has 1 amide bonds. The Morgan fingerprint density at radius 1 is 1.33 bits per heavy atom. The molecule has 0 N–H and O–H groups in total. The molecule has 24 heavy (non-hydrogen) atoms. The molecule has 6 heteroatoms. The molecular formula is C18H21N3O2S. The molecule has 0 aromatic carbocycles. The zero-order chi connectivity index (χ0) is 16.5. The minimum atomic E-state index is 0.143. The largest absolute Gasteiger partial charge is 0.476 e.